The summed E-state index contributed by atoms with van der Waals surface area (Å²) in [6.45, 7) is 2.38. The number of halogens is 3. The summed E-state index contributed by atoms with van der Waals surface area (Å²) in [5.74, 6) is -1.98. The largest absolute Gasteiger partial charge is 0.350 e. The first-order valence-corrected chi connectivity index (χ1v) is 6.61. The van der Waals surface area contributed by atoms with Gasteiger partial charge in [0.1, 0.15) is 0 Å². The highest BCUT2D eigenvalue weighted by Crippen LogP contribution is 2.31. The average molecular weight is 320 g/mol. The fourth-order valence-electron chi connectivity index (χ4n) is 2.60. The number of nitrogens with two attached hydrogens (primary N) is 1. The minimum atomic E-state index is -0.875. The number of nitrogens with one attached hydrogen (secondary N) is 1. The molecule has 4 nitrogen and oxygen atoms in total. The minimum Gasteiger partial charge on any atom is -0.350 e. The van der Waals surface area contributed by atoms with Crippen LogP contribution in [0.5, 0.6) is 0 Å². The molecule has 1 aliphatic rings. The molecule has 1 fully saturated rings. The highest BCUT2D eigenvalue weighted by atomic mass is 35.5. The SMILES string of the molecule is C[C@@H](N)C(=O)NC1CCN(C)C1c1ccc(F)c(F)c1.Cl. The molecule has 3 atom stereocenters. The Kier molecular flexibility index (Phi) is 6.07. The van der Waals surface area contributed by atoms with Crippen molar-refractivity contribution in [3.63, 3.8) is 0 Å². The molecule has 2 unspecified atom stereocenters. The molecule has 1 aliphatic heterocycles. The zero-order valence-electron chi connectivity index (χ0n) is 12.0. The molecule has 1 aromatic carbocycles. The van der Waals surface area contributed by atoms with E-state index in [1.165, 1.54) is 6.07 Å². The second-order valence-corrected chi connectivity index (χ2v) is 5.29. The fourth-order valence-corrected chi connectivity index (χ4v) is 2.60. The van der Waals surface area contributed by atoms with Gasteiger partial charge in [-0.25, -0.2) is 8.78 Å². The summed E-state index contributed by atoms with van der Waals surface area (Å²) >= 11 is 0. The van der Waals surface area contributed by atoms with Gasteiger partial charge in [-0.05, 0) is 38.1 Å². The first kappa shape index (κ1) is 17.8. The molecule has 7 heteroatoms. The van der Waals surface area contributed by atoms with E-state index in [4.69, 9.17) is 5.73 Å². The number of likely N-dealkylation sites (tertiary alicyclic amines) is 1. The molecule has 0 bridgehead atoms. The monoisotopic (exact) mass is 319 g/mol. The Morgan fingerprint density at radius 3 is 2.67 bits per heavy atom. The molecule has 0 aliphatic carbocycles. The standard InChI is InChI=1S/C14H19F2N3O.ClH/c1-8(17)14(20)18-12-5-6-19(2)13(12)9-3-4-10(15)11(16)7-9;/h3-4,7-8,12-13H,5-6,17H2,1-2H3,(H,18,20);1H/t8-,12?,13?;/m1./s1. The lowest BCUT2D eigenvalue weighted by Gasteiger charge is -2.26. The van der Waals surface area contributed by atoms with Gasteiger partial charge >= 0.3 is 0 Å². The molecule has 3 N–H and O–H groups in total. The van der Waals surface area contributed by atoms with E-state index in [1.807, 2.05) is 11.9 Å². The van der Waals surface area contributed by atoms with Crippen LogP contribution in [0.25, 0.3) is 0 Å². The predicted octanol–water partition coefficient (Wildman–Crippen LogP) is 1.60. The summed E-state index contributed by atoms with van der Waals surface area (Å²) < 4.78 is 26.4. The first-order chi connectivity index (χ1) is 9.40. The summed E-state index contributed by atoms with van der Waals surface area (Å²) in [7, 11) is 1.89. The lowest BCUT2D eigenvalue weighted by Crippen LogP contribution is -2.45. The molecule has 0 aromatic heterocycles. The van der Waals surface area contributed by atoms with Crippen LogP contribution in [-0.4, -0.2) is 36.5 Å². The predicted molar refractivity (Wildman–Crippen MR) is 79.2 cm³/mol. The maximum atomic E-state index is 13.4. The van der Waals surface area contributed by atoms with E-state index in [1.54, 1.807) is 13.0 Å². The van der Waals surface area contributed by atoms with E-state index in [0.29, 0.717) is 5.56 Å². The highest BCUT2D eigenvalue weighted by molar-refractivity contribution is 5.85. The Bertz CT molecular complexity index is 513. The van der Waals surface area contributed by atoms with Crippen molar-refractivity contribution in [2.45, 2.75) is 31.5 Å². The third-order valence-corrected chi connectivity index (χ3v) is 3.68. The highest BCUT2D eigenvalue weighted by Gasteiger charge is 2.34. The van der Waals surface area contributed by atoms with Crippen molar-refractivity contribution in [3.05, 3.63) is 35.4 Å². The van der Waals surface area contributed by atoms with Gasteiger partial charge in [-0.15, -0.1) is 12.4 Å². The van der Waals surface area contributed by atoms with Gasteiger partial charge in [-0.1, -0.05) is 6.07 Å². The van der Waals surface area contributed by atoms with Crippen LogP contribution in [0.15, 0.2) is 18.2 Å². The Morgan fingerprint density at radius 2 is 2.10 bits per heavy atom. The molecule has 118 valence electrons. The fraction of sp³-hybridized carbons (Fsp3) is 0.500. The summed E-state index contributed by atoms with van der Waals surface area (Å²) in [5, 5.41) is 2.87. The van der Waals surface area contributed by atoms with Gasteiger partial charge in [0.2, 0.25) is 5.91 Å². The van der Waals surface area contributed by atoms with E-state index in [2.05, 4.69) is 5.32 Å². The van der Waals surface area contributed by atoms with E-state index in [9.17, 15) is 13.6 Å². The molecule has 1 amide bonds. The van der Waals surface area contributed by atoms with Crippen molar-refractivity contribution in [2.24, 2.45) is 5.73 Å². The Hall–Kier alpha value is -1.24. The molecule has 1 heterocycles. The van der Waals surface area contributed by atoms with Crippen molar-refractivity contribution in [1.82, 2.24) is 10.2 Å². The van der Waals surface area contributed by atoms with Gasteiger partial charge in [0.25, 0.3) is 0 Å². The van der Waals surface area contributed by atoms with Crippen LogP contribution in [-0.2, 0) is 4.79 Å². The number of carbonyl (C=O) groups excluding carboxylic acids is 1. The van der Waals surface area contributed by atoms with Crippen LogP contribution >= 0.6 is 12.4 Å². The van der Waals surface area contributed by atoms with Crippen molar-refractivity contribution < 1.29 is 13.6 Å². The topological polar surface area (TPSA) is 58.4 Å². The molecular formula is C14H20ClF2N3O. The zero-order chi connectivity index (χ0) is 14.9. The summed E-state index contributed by atoms with van der Waals surface area (Å²) in [6, 6.07) is 2.94. The Labute approximate surface area is 129 Å². The second kappa shape index (κ2) is 7.15. The summed E-state index contributed by atoms with van der Waals surface area (Å²) in [6.07, 6.45) is 0.749. The van der Waals surface area contributed by atoms with Crippen LogP contribution in [0, 0.1) is 11.6 Å². The maximum absolute atomic E-state index is 13.4. The van der Waals surface area contributed by atoms with E-state index in [-0.39, 0.29) is 30.4 Å². The Balaban J connectivity index is 0.00000220. The van der Waals surface area contributed by atoms with Crippen LogP contribution in [0.2, 0.25) is 0 Å². The lowest BCUT2D eigenvalue weighted by molar-refractivity contribution is -0.122. The average Bonchev–Trinajstić information content (AvgIpc) is 2.74. The van der Waals surface area contributed by atoms with Gasteiger partial charge in [0, 0.05) is 12.6 Å². The number of hydrogen-bond acceptors (Lipinski definition) is 3. The molecule has 2 rings (SSSR count). The number of nitrogens with zero attached hydrogens (tertiary/aromatic N) is 1. The number of rotatable bonds is 3. The van der Waals surface area contributed by atoms with Crippen LogP contribution in [0.3, 0.4) is 0 Å². The van der Waals surface area contributed by atoms with Crippen LogP contribution in [0.4, 0.5) is 8.78 Å². The molecule has 0 spiro atoms. The summed E-state index contributed by atoms with van der Waals surface area (Å²) in [4.78, 5) is 13.7. The van der Waals surface area contributed by atoms with Crippen molar-refractivity contribution in [2.75, 3.05) is 13.6 Å². The second-order valence-electron chi connectivity index (χ2n) is 5.29. The van der Waals surface area contributed by atoms with E-state index in [0.717, 1.165) is 19.0 Å². The quantitative estimate of drug-likeness (QED) is 0.889. The lowest BCUT2D eigenvalue weighted by atomic mass is 9.99. The number of hydrogen-bond donors (Lipinski definition) is 2. The zero-order valence-corrected chi connectivity index (χ0v) is 12.8. The van der Waals surface area contributed by atoms with Crippen LogP contribution < -0.4 is 11.1 Å². The molecule has 1 aromatic rings. The number of likely N-dealkylation sites (N-methyl/N-ethyl adjacent to an activating group) is 1. The summed E-state index contributed by atoms with van der Waals surface area (Å²) in [5.41, 5.74) is 6.19. The maximum Gasteiger partial charge on any atom is 0.236 e. The molecule has 1 saturated heterocycles. The smallest absolute Gasteiger partial charge is 0.236 e. The number of amides is 1. The molecule has 21 heavy (non-hydrogen) atoms. The number of benzene rings is 1. The minimum absolute atomic E-state index is 0. The van der Waals surface area contributed by atoms with E-state index >= 15 is 0 Å². The molecule has 0 radical (unpaired) electrons. The van der Waals surface area contributed by atoms with E-state index < -0.39 is 17.7 Å². The van der Waals surface area contributed by atoms with Crippen molar-refractivity contribution in [1.29, 1.82) is 0 Å². The number of carbonyl (C=O) groups is 1. The van der Waals surface area contributed by atoms with Gasteiger partial charge in [-0.2, -0.15) is 0 Å². The van der Waals surface area contributed by atoms with Crippen LogP contribution in [0.1, 0.15) is 24.9 Å². The normalized spacial score (nSPS) is 23.5. The third kappa shape index (κ3) is 3.90. The van der Waals surface area contributed by atoms with Gasteiger partial charge < -0.3 is 11.1 Å². The first-order valence-electron chi connectivity index (χ1n) is 6.61. The Morgan fingerprint density at radius 1 is 1.43 bits per heavy atom. The van der Waals surface area contributed by atoms with Crippen molar-refractivity contribution >= 4 is 18.3 Å². The van der Waals surface area contributed by atoms with Gasteiger partial charge in [0.15, 0.2) is 11.6 Å². The van der Waals surface area contributed by atoms with Crippen molar-refractivity contribution in [3.8, 4) is 0 Å². The molecular weight excluding hydrogens is 300 g/mol. The molecule has 0 saturated carbocycles. The van der Waals surface area contributed by atoms with Gasteiger partial charge in [0.05, 0.1) is 12.1 Å². The third-order valence-electron chi connectivity index (χ3n) is 3.68. The van der Waals surface area contributed by atoms with Gasteiger partial charge in [-0.3, -0.25) is 9.69 Å².